The van der Waals surface area contributed by atoms with Gasteiger partial charge in [0.15, 0.2) is 6.29 Å². The van der Waals surface area contributed by atoms with E-state index in [4.69, 9.17) is 18.9 Å². The summed E-state index contributed by atoms with van der Waals surface area (Å²) in [5, 5.41) is 126. The van der Waals surface area contributed by atoms with Crippen LogP contribution in [0.25, 0.3) is 0 Å². The van der Waals surface area contributed by atoms with Crippen LogP contribution in [0.1, 0.15) is 86.6 Å². The van der Waals surface area contributed by atoms with Crippen molar-refractivity contribution in [2.24, 2.45) is 0 Å². The van der Waals surface area contributed by atoms with Gasteiger partial charge in [0.1, 0.15) is 65.7 Å². The number of aliphatic hydroxyl groups is 8. The second-order valence-electron chi connectivity index (χ2n) is 14.9. The molecule has 12 N–H and O–H groups in total. The van der Waals surface area contributed by atoms with Crippen LogP contribution in [0.3, 0.4) is 0 Å². The Bertz CT molecular complexity index is 2480. The standard InChI is InChI=1S/C41H36O20/c42-11-22-29(45)32(48)35(51)40(60-22)58-20-5-1-3-14-23(16-7-12(37(53)54)9-18(43)25(16)30(46)27(14)20)24-15-4-2-6-21(59-41-36(52)33(49)34(50)39(57)61-41)28(15)31(47)26-17(24)8-13(38(55)56)10-19(26)44/h1-10,22-24,29,32-36,39-45,48-52,57H,11H2,(H,53,54)(H,55,56)/t22-,23-,24-,29-,32+,33+,34+,35-,36-,39+,40-,41-/m1/s1. The van der Waals surface area contributed by atoms with Crippen LogP contribution >= 0.6 is 0 Å². The number of benzene rings is 4. The number of rotatable bonds is 8. The van der Waals surface area contributed by atoms with Gasteiger partial charge >= 0.3 is 11.9 Å². The maximum absolute atomic E-state index is 14.6. The molecule has 12 atom stereocenters. The molecule has 320 valence electrons. The molecule has 4 aliphatic rings. The van der Waals surface area contributed by atoms with Crippen molar-refractivity contribution < 1.29 is 99.4 Å². The molecule has 2 saturated heterocycles. The normalized spacial score (nSPS) is 30.4. The molecule has 0 spiro atoms. The lowest BCUT2D eigenvalue weighted by Gasteiger charge is -2.41. The molecule has 2 aliphatic heterocycles. The molecule has 4 aromatic rings. The summed E-state index contributed by atoms with van der Waals surface area (Å²) in [6.07, 6.45) is -18.8. The van der Waals surface area contributed by atoms with Crippen molar-refractivity contribution in [3.63, 3.8) is 0 Å². The molecule has 0 amide bonds. The third-order valence-corrected chi connectivity index (χ3v) is 11.4. The molecular formula is C41H36O20. The van der Waals surface area contributed by atoms with Gasteiger partial charge in [-0.1, -0.05) is 24.3 Å². The number of aliphatic hydroxyl groups excluding tert-OH is 8. The molecule has 61 heavy (non-hydrogen) atoms. The number of carboxylic acid groups (broad SMARTS) is 2. The van der Waals surface area contributed by atoms with Crippen LogP contribution in [0.2, 0.25) is 0 Å². The summed E-state index contributed by atoms with van der Waals surface area (Å²) < 4.78 is 22.6. The summed E-state index contributed by atoms with van der Waals surface area (Å²) in [7, 11) is 0. The molecule has 0 bridgehead atoms. The molecule has 20 heteroatoms. The van der Waals surface area contributed by atoms with Crippen molar-refractivity contribution in [2.75, 3.05) is 6.61 Å². The first-order chi connectivity index (χ1) is 28.9. The Morgan fingerprint density at radius 1 is 0.541 bits per heavy atom. The van der Waals surface area contributed by atoms with Crippen molar-refractivity contribution in [1.82, 2.24) is 0 Å². The van der Waals surface area contributed by atoms with E-state index >= 15 is 0 Å². The van der Waals surface area contributed by atoms with Crippen LogP contribution in [0.15, 0.2) is 60.7 Å². The van der Waals surface area contributed by atoms with Crippen molar-refractivity contribution in [3.8, 4) is 23.0 Å². The highest BCUT2D eigenvalue weighted by Crippen LogP contribution is 2.56. The van der Waals surface area contributed by atoms with Crippen LogP contribution in [0, 0.1) is 0 Å². The van der Waals surface area contributed by atoms with E-state index in [1.165, 1.54) is 36.4 Å². The predicted molar refractivity (Wildman–Crippen MR) is 197 cm³/mol. The zero-order valence-corrected chi connectivity index (χ0v) is 31.0. The minimum absolute atomic E-state index is 0.00409. The number of carbonyl (C=O) groups is 4. The number of carboxylic acids is 2. The van der Waals surface area contributed by atoms with Crippen molar-refractivity contribution in [2.45, 2.75) is 73.4 Å². The summed E-state index contributed by atoms with van der Waals surface area (Å²) in [6.45, 7) is -0.823. The van der Waals surface area contributed by atoms with Gasteiger partial charge in [0.25, 0.3) is 0 Å². The second-order valence-corrected chi connectivity index (χ2v) is 14.9. The average Bonchev–Trinajstić information content (AvgIpc) is 3.22. The van der Waals surface area contributed by atoms with Crippen LogP contribution in [-0.4, -0.2) is 153 Å². The number of hydrogen-bond donors (Lipinski definition) is 12. The molecule has 0 unspecified atom stereocenters. The van der Waals surface area contributed by atoms with E-state index in [1.807, 2.05) is 0 Å². The molecule has 4 aromatic carbocycles. The van der Waals surface area contributed by atoms with E-state index in [9.17, 15) is 80.5 Å². The smallest absolute Gasteiger partial charge is 0.335 e. The van der Waals surface area contributed by atoms with Crippen LogP contribution in [-0.2, 0) is 9.47 Å². The summed E-state index contributed by atoms with van der Waals surface area (Å²) in [4.78, 5) is 54.1. The SMILES string of the molecule is O=C(O)c1cc(O)c2c(c1)[C@H]([C@H]1c3cc(C(=O)O)cc(O)c3C(=O)c3c(O[C@@H]4O[C@H](CO)[C@@H](O)[C@H](O)[C@H]4O)cccc31)c1cccc(O[C@@H]3O[C@H](O)[C@@H](O)[C@H](O)[C@H]3O)c1C2=O. The molecule has 0 saturated carbocycles. The molecule has 0 radical (unpaired) electrons. The lowest BCUT2D eigenvalue weighted by atomic mass is 9.63. The molecule has 8 rings (SSSR count). The number of aromatic carboxylic acids is 2. The zero-order valence-electron chi connectivity index (χ0n) is 31.0. The van der Waals surface area contributed by atoms with Gasteiger partial charge in [-0.05, 0) is 58.7 Å². The fraction of sp³-hybridized carbons (Fsp3) is 0.317. The number of carbonyl (C=O) groups excluding carboxylic acids is 2. The van der Waals surface area contributed by atoms with Gasteiger partial charge in [0.05, 0.1) is 40.0 Å². The average molecular weight is 849 g/mol. The Hall–Kier alpha value is -6.04. The summed E-state index contributed by atoms with van der Waals surface area (Å²) in [6, 6.07) is 11.8. The fourth-order valence-corrected chi connectivity index (χ4v) is 8.47. The third kappa shape index (κ3) is 6.65. The zero-order chi connectivity index (χ0) is 43.9. The largest absolute Gasteiger partial charge is 0.507 e. The topological polar surface area (TPSA) is 348 Å². The van der Waals surface area contributed by atoms with Crippen molar-refractivity contribution in [1.29, 1.82) is 0 Å². The number of aromatic hydroxyl groups is 2. The molecule has 0 aromatic heterocycles. The Labute approximate surface area is 341 Å². The summed E-state index contributed by atoms with van der Waals surface area (Å²) in [5.41, 5.74) is -2.97. The van der Waals surface area contributed by atoms with E-state index in [1.54, 1.807) is 0 Å². The molecule has 2 heterocycles. The monoisotopic (exact) mass is 848 g/mol. The van der Waals surface area contributed by atoms with Gasteiger partial charge in [0, 0.05) is 11.8 Å². The number of ether oxygens (including phenoxy) is 4. The van der Waals surface area contributed by atoms with Gasteiger partial charge in [-0.15, -0.1) is 0 Å². The lowest BCUT2D eigenvalue weighted by Crippen LogP contribution is -2.60. The minimum Gasteiger partial charge on any atom is -0.507 e. The number of phenolic OH excluding ortho intramolecular Hbond substituents is 2. The van der Waals surface area contributed by atoms with E-state index in [-0.39, 0.29) is 44.9 Å². The second kappa shape index (κ2) is 15.5. The Morgan fingerprint density at radius 3 is 1.39 bits per heavy atom. The Balaban J connectivity index is 1.38. The molecule has 2 fully saturated rings. The quantitative estimate of drug-likeness (QED) is 0.0997. The van der Waals surface area contributed by atoms with Crippen LogP contribution < -0.4 is 9.47 Å². The van der Waals surface area contributed by atoms with E-state index < -0.39 is 137 Å². The molecule has 2 aliphatic carbocycles. The maximum atomic E-state index is 14.6. The van der Waals surface area contributed by atoms with E-state index in [0.29, 0.717) is 0 Å². The van der Waals surface area contributed by atoms with Gasteiger partial charge in [-0.2, -0.15) is 0 Å². The predicted octanol–water partition coefficient (Wildman–Crippen LogP) is -1.14. The number of fused-ring (bicyclic) bond motifs is 4. The van der Waals surface area contributed by atoms with Crippen molar-refractivity contribution in [3.05, 3.63) is 116 Å². The highest BCUT2D eigenvalue weighted by molar-refractivity contribution is 6.18. The highest BCUT2D eigenvalue weighted by Gasteiger charge is 2.50. The molecular weight excluding hydrogens is 812 g/mol. The Kier molecular flexibility index (Phi) is 10.6. The van der Waals surface area contributed by atoms with Gasteiger partial charge in [-0.25, -0.2) is 9.59 Å². The number of ketones is 2. The third-order valence-electron chi connectivity index (χ3n) is 11.4. The van der Waals surface area contributed by atoms with Gasteiger partial charge in [0.2, 0.25) is 24.1 Å². The first kappa shape index (κ1) is 41.7. The fourth-order valence-electron chi connectivity index (χ4n) is 8.47. The summed E-state index contributed by atoms with van der Waals surface area (Å²) >= 11 is 0. The van der Waals surface area contributed by atoms with Gasteiger partial charge in [-0.3, -0.25) is 9.59 Å². The van der Waals surface area contributed by atoms with E-state index in [2.05, 4.69) is 0 Å². The van der Waals surface area contributed by atoms with Gasteiger partial charge < -0.3 is 80.2 Å². The van der Waals surface area contributed by atoms with Crippen LogP contribution in [0.5, 0.6) is 23.0 Å². The van der Waals surface area contributed by atoms with Crippen molar-refractivity contribution >= 4 is 23.5 Å². The first-order valence-corrected chi connectivity index (χ1v) is 18.5. The number of hydrogen-bond acceptors (Lipinski definition) is 18. The Morgan fingerprint density at radius 2 is 0.967 bits per heavy atom. The first-order valence-electron chi connectivity index (χ1n) is 18.5. The summed E-state index contributed by atoms with van der Waals surface area (Å²) in [5.74, 6) is -10.2. The molecule has 20 nitrogen and oxygen atoms in total. The maximum Gasteiger partial charge on any atom is 0.335 e. The lowest BCUT2D eigenvalue weighted by molar-refractivity contribution is -0.321. The minimum atomic E-state index is -2.06. The highest BCUT2D eigenvalue weighted by atomic mass is 16.7. The number of phenols is 2. The van der Waals surface area contributed by atoms with Crippen LogP contribution in [0.4, 0.5) is 0 Å². The van der Waals surface area contributed by atoms with E-state index in [0.717, 1.165) is 24.3 Å².